The van der Waals surface area contributed by atoms with E-state index in [9.17, 15) is 21.6 Å². The van der Waals surface area contributed by atoms with E-state index in [0.29, 0.717) is 0 Å². The van der Waals surface area contributed by atoms with Crippen molar-refractivity contribution in [2.45, 2.75) is 17.8 Å². The Hall–Kier alpha value is -1.32. The van der Waals surface area contributed by atoms with Crippen LogP contribution in [-0.4, -0.2) is 33.8 Å². The van der Waals surface area contributed by atoms with Crippen LogP contribution in [0, 0.1) is 0 Å². The van der Waals surface area contributed by atoms with Crippen molar-refractivity contribution in [2.24, 2.45) is 5.14 Å². The fourth-order valence-corrected chi connectivity index (χ4v) is 1.99. The molecule has 5 nitrogen and oxygen atoms in total. The molecule has 0 aliphatic carbocycles. The Morgan fingerprint density at radius 1 is 1.32 bits per heavy atom. The van der Waals surface area contributed by atoms with Gasteiger partial charge in [-0.25, -0.2) is 13.6 Å². The second-order valence-electron chi connectivity index (χ2n) is 4.10. The lowest BCUT2D eigenvalue weighted by Gasteiger charge is -2.16. The minimum Gasteiger partial charge on any atom is -0.405 e. The van der Waals surface area contributed by atoms with Crippen LogP contribution < -0.4 is 9.88 Å². The molecular formula is C10H13F3N2O3S. The van der Waals surface area contributed by atoms with Crippen LogP contribution in [0.2, 0.25) is 0 Å². The van der Waals surface area contributed by atoms with E-state index in [1.165, 1.54) is 0 Å². The maximum absolute atomic E-state index is 12.2. The van der Waals surface area contributed by atoms with Crippen LogP contribution in [-0.2, 0) is 16.6 Å². The van der Waals surface area contributed by atoms with Crippen LogP contribution in [0.15, 0.2) is 23.1 Å². The Morgan fingerprint density at radius 3 is 2.32 bits per heavy atom. The molecule has 1 rings (SSSR count). The molecule has 0 atom stereocenters. The summed E-state index contributed by atoms with van der Waals surface area (Å²) < 4.78 is 62.8. The van der Waals surface area contributed by atoms with Crippen molar-refractivity contribution in [3.63, 3.8) is 0 Å². The third-order valence-corrected chi connectivity index (χ3v) is 2.98. The molecule has 0 amide bonds. The van der Waals surface area contributed by atoms with Gasteiger partial charge in [0.05, 0.1) is 4.90 Å². The smallest absolute Gasteiger partial charge is 0.405 e. The highest BCUT2D eigenvalue weighted by Gasteiger charge is 2.32. The minimum atomic E-state index is -4.84. The predicted molar refractivity (Wildman–Crippen MR) is 61.9 cm³/mol. The van der Waals surface area contributed by atoms with Gasteiger partial charge in [0.1, 0.15) is 5.75 Å². The zero-order valence-corrected chi connectivity index (χ0v) is 11.0. The van der Waals surface area contributed by atoms with Crippen molar-refractivity contribution >= 4 is 10.0 Å². The number of primary sulfonamides is 1. The number of ether oxygens (including phenoxy) is 1. The first-order valence-corrected chi connectivity index (χ1v) is 6.60. The molecule has 9 heteroatoms. The van der Waals surface area contributed by atoms with Crippen molar-refractivity contribution in [3.05, 3.63) is 23.8 Å². The van der Waals surface area contributed by atoms with E-state index < -0.39 is 22.1 Å². The molecule has 0 aromatic heterocycles. The number of alkyl halides is 3. The van der Waals surface area contributed by atoms with Gasteiger partial charge in [0.25, 0.3) is 0 Å². The van der Waals surface area contributed by atoms with Gasteiger partial charge in [0, 0.05) is 12.1 Å². The summed E-state index contributed by atoms with van der Waals surface area (Å²) in [7, 11) is -0.725. The van der Waals surface area contributed by atoms with Crippen LogP contribution in [0.1, 0.15) is 5.56 Å². The number of rotatable bonds is 4. The molecular weight excluding hydrogens is 285 g/mol. The van der Waals surface area contributed by atoms with Gasteiger partial charge < -0.3 is 9.64 Å². The number of hydrogen-bond acceptors (Lipinski definition) is 4. The average molecular weight is 298 g/mol. The molecule has 2 N–H and O–H groups in total. The molecule has 0 aliphatic heterocycles. The average Bonchev–Trinajstić information content (AvgIpc) is 2.15. The monoisotopic (exact) mass is 298 g/mol. The first-order chi connectivity index (χ1) is 8.49. The molecule has 1 aromatic carbocycles. The third-order valence-electron chi connectivity index (χ3n) is 2.07. The lowest BCUT2D eigenvalue weighted by Crippen LogP contribution is -2.20. The fourth-order valence-electron chi connectivity index (χ4n) is 1.42. The second kappa shape index (κ2) is 5.35. The SMILES string of the molecule is CN(C)Cc1cc(S(N)(=O)=O)ccc1OC(F)(F)F. The Balaban J connectivity index is 3.24. The van der Waals surface area contributed by atoms with E-state index >= 15 is 0 Å². The van der Waals surface area contributed by atoms with Crippen LogP contribution in [0.25, 0.3) is 0 Å². The zero-order valence-electron chi connectivity index (χ0n) is 10.2. The molecule has 0 heterocycles. The molecule has 108 valence electrons. The van der Waals surface area contributed by atoms with Gasteiger partial charge >= 0.3 is 6.36 Å². The number of nitrogens with two attached hydrogens (primary N) is 1. The zero-order chi connectivity index (χ0) is 14.8. The van der Waals surface area contributed by atoms with Gasteiger partial charge in [-0.15, -0.1) is 13.2 Å². The van der Waals surface area contributed by atoms with E-state index in [1.807, 2.05) is 0 Å². The highest BCUT2D eigenvalue weighted by Crippen LogP contribution is 2.28. The maximum atomic E-state index is 12.2. The predicted octanol–water partition coefficient (Wildman–Crippen LogP) is 1.29. The molecule has 0 radical (unpaired) electrons. The Bertz CT molecular complexity index is 556. The summed E-state index contributed by atoms with van der Waals surface area (Å²) in [5.74, 6) is -0.450. The lowest BCUT2D eigenvalue weighted by atomic mass is 10.2. The minimum absolute atomic E-state index is 0.0776. The van der Waals surface area contributed by atoms with E-state index in [-0.39, 0.29) is 17.0 Å². The first kappa shape index (κ1) is 15.7. The van der Waals surface area contributed by atoms with Crippen molar-refractivity contribution in [1.29, 1.82) is 0 Å². The molecule has 0 aliphatic rings. The quantitative estimate of drug-likeness (QED) is 0.909. The van der Waals surface area contributed by atoms with Crippen LogP contribution in [0.4, 0.5) is 13.2 Å². The largest absolute Gasteiger partial charge is 0.573 e. The maximum Gasteiger partial charge on any atom is 0.573 e. The summed E-state index contributed by atoms with van der Waals surface area (Å²) in [5.41, 5.74) is 0.0776. The summed E-state index contributed by atoms with van der Waals surface area (Å²) in [6.07, 6.45) is -4.84. The lowest BCUT2D eigenvalue weighted by molar-refractivity contribution is -0.275. The summed E-state index contributed by atoms with van der Waals surface area (Å²) in [6.45, 7) is 0.0781. The number of hydrogen-bond donors (Lipinski definition) is 1. The molecule has 0 bridgehead atoms. The summed E-state index contributed by atoms with van der Waals surface area (Å²) in [5, 5.41) is 4.93. The van der Waals surface area contributed by atoms with Gasteiger partial charge in [-0.2, -0.15) is 0 Å². The van der Waals surface area contributed by atoms with Gasteiger partial charge in [-0.3, -0.25) is 0 Å². The van der Waals surface area contributed by atoms with Gasteiger partial charge in [-0.1, -0.05) is 0 Å². The topological polar surface area (TPSA) is 72.6 Å². The van der Waals surface area contributed by atoms with Gasteiger partial charge in [0.2, 0.25) is 10.0 Å². The highest BCUT2D eigenvalue weighted by atomic mass is 32.2. The normalized spacial score (nSPS) is 12.8. The van der Waals surface area contributed by atoms with E-state index in [1.54, 1.807) is 19.0 Å². The van der Waals surface area contributed by atoms with Gasteiger partial charge in [-0.05, 0) is 32.3 Å². The highest BCUT2D eigenvalue weighted by molar-refractivity contribution is 7.89. The number of nitrogens with zero attached hydrogens (tertiary/aromatic N) is 1. The van der Waals surface area contributed by atoms with Crippen molar-refractivity contribution in [2.75, 3.05) is 14.1 Å². The third kappa shape index (κ3) is 5.05. The molecule has 0 saturated carbocycles. The molecule has 0 fully saturated rings. The Morgan fingerprint density at radius 2 is 1.89 bits per heavy atom. The first-order valence-electron chi connectivity index (χ1n) is 5.05. The Labute approximate surface area is 108 Å². The van der Waals surface area contributed by atoms with E-state index in [4.69, 9.17) is 5.14 Å². The van der Waals surface area contributed by atoms with Crippen molar-refractivity contribution in [1.82, 2.24) is 4.90 Å². The molecule has 19 heavy (non-hydrogen) atoms. The van der Waals surface area contributed by atoms with Crippen LogP contribution >= 0.6 is 0 Å². The summed E-state index contributed by atoms with van der Waals surface area (Å²) >= 11 is 0. The fraction of sp³-hybridized carbons (Fsp3) is 0.400. The Kier molecular flexibility index (Phi) is 4.43. The van der Waals surface area contributed by atoms with E-state index in [2.05, 4.69) is 4.74 Å². The number of benzene rings is 1. The number of sulfonamides is 1. The van der Waals surface area contributed by atoms with E-state index in [0.717, 1.165) is 18.2 Å². The van der Waals surface area contributed by atoms with Crippen LogP contribution in [0.3, 0.4) is 0 Å². The van der Waals surface area contributed by atoms with Gasteiger partial charge in [0.15, 0.2) is 0 Å². The summed E-state index contributed by atoms with van der Waals surface area (Å²) in [6, 6.07) is 2.97. The number of halogens is 3. The molecule has 0 unspecified atom stereocenters. The molecule has 1 aromatic rings. The van der Waals surface area contributed by atoms with Crippen molar-refractivity contribution < 1.29 is 26.3 Å². The van der Waals surface area contributed by atoms with Crippen LogP contribution in [0.5, 0.6) is 5.75 Å². The molecule has 0 saturated heterocycles. The van der Waals surface area contributed by atoms with Crippen molar-refractivity contribution in [3.8, 4) is 5.75 Å². The second-order valence-corrected chi connectivity index (χ2v) is 5.66. The standard InChI is InChI=1S/C10H13F3N2O3S/c1-15(2)6-7-5-8(19(14,16)17)3-4-9(7)18-10(11,12)13/h3-5H,6H2,1-2H3,(H2,14,16,17). The molecule has 0 spiro atoms. The summed E-state index contributed by atoms with van der Waals surface area (Å²) in [4.78, 5) is 1.31.